The molecule has 0 aromatic heterocycles. The summed E-state index contributed by atoms with van der Waals surface area (Å²) in [7, 11) is 0. The SMILES string of the molecule is CC1=C(CN2CC(C(=O)O)C2)CCc2cc(OC[C@@H](C)Cc3ccc(F)cc3F)ccc21. The molecule has 2 aromatic rings. The predicted octanol–water partition coefficient (Wildman–Crippen LogP) is 4.96. The van der Waals surface area contributed by atoms with Crippen LogP contribution >= 0.6 is 0 Å². The standard InChI is InChI=1S/C26H29F2NO3/c1-16(9-19-5-6-22(27)11-25(19)28)15-32-23-7-8-24-17(2)20(4-3-18(24)10-23)12-29-13-21(14-29)26(30)31/h5-8,10-11,16,21H,3-4,9,12-15H2,1-2H3,(H,30,31)/t16-/m0/s1. The Hall–Kier alpha value is -2.73. The summed E-state index contributed by atoms with van der Waals surface area (Å²) in [6.45, 7) is 6.68. The van der Waals surface area contributed by atoms with E-state index in [-0.39, 0.29) is 11.8 Å². The van der Waals surface area contributed by atoms with E-state index in [1.54, 1.807) is 0 Å². The highest BCUT2D eigenvalue weighted by atomic mass is 19.1. The van der Waals surface area contributed by atoms with E-state index in [0.717, 1.165) is 31.2 Å². The summed E-state index contributed by atoms with van der Waals surface area (Å²) in [5, 5.41) is 9.06. The average Bonchev–Trinajstić information content (AvgIpc) is 2.72. The van der Waals surface area contributed by atoms with Crippen molar-refractivity contribution in [2.75, 3.05) is 26.2 Å². The molecule has 4 rings (SSSR count). The van der Waals surface area contributed by atoms with E-state index in [1.165, 1.54) is 34.4 Å². The van der Waals surface area contributed by atoms with Gasteiger partial charge in [-0.3, -0.25) is 9.69 Å². The van der Waals surface area contributed by atoms with Crippen LogP contribution in [0.25, 0.3) is 5.57 Å². The molecule has 1 atom stereocenters. The Morgan fingerprint density at radius 3 is 2.69 bits per heavy atom. The van der Waals surface area contributed by atoms with Crippen molar-refractivity contribution < 1.29 is 23.4 Å². The van der Waals surface area contributed by atoms with Gasteiger partial charge in [-0.25, -0.2) is 8.78 Å². The van der Waals surface area contributed by atoms with Gasteiger partial charge in [0.05, 0.1) is 12.5 Å². The Morgan fingerprint density at radius 1 is 1.19 bits per heavy atom. The van der Waals surface area contributed by atoms with Gasteiger partial charge in [-0.2, -0.15) is 0 Å². The van der Waals surface area contributed by atoms with E-state index >= 15 is 0 Å². The largest absolute Gasteiger partial charge is 0.493 e. The molecule has 1 aliphatic heterocycles. The van der Waals surface area contributed by atoms with Crippen LogP contribution in [0.4, 0.5) is 8.78 Å². The molecular formula is C26H29F2NO3. The first-order chi connectivity index (χ1) is 15.3. The van der Waals surface area contributed by atoms with Gasteiger partial charge in [0.25, 0.3) is 0 Å². The highest BCUT2D eigenvalue weighted by molar-refractivity contribution is 5.73. The van der Waals surface area contributed by atoms with E-state index in [1.807, 2.05) is 13.0 Å². The minimum absolute atomic E-state index is 0.0883. The molecule has 0 spiro atoms. The number of rotatable bonds is 8. The number of hydrogen-bond donors (Lipinski definition) is 1. The maximum Gasteiger partial charge on any atom is 0.309 e. The quantitative estimate of drug-likeness (QED) is 0.629. The van der Waals surface area contributed by atoms with Crippen molar-refractivity contribution >= 4 is 11.5 Å². The van der Waals surface area contributed by atoms with Gasteiger partial charge < -0.3 is 9.84 Å². The molecule has 0 amide bonds. The maximum absolute atomic E-state index is 13.9. The summed E-state index contributed by atoms with van der Waals surface area (Å²) in [5.41, 5.74) is 5.64. The van der Waals surface area contributed by atoms with Gasteiger partial charge in [-0.15, -0.1) is 0 Å². The fraction of sp³-hybridized carbons (Fsp3) is 0.423. The number of halogens is 2. The zero-order valence-corrected chi connectivity index (χ0v) is 18.5. The second-order valence-electron chi connectivity index (χ2n) is 9.13. The third-order valence-corrected chi connectivity index (χ3v) is 6.55. The second kappa shape index (κ2) is 9.41. The molecule has 1 heterocycles. The molecule has 0 saturated carbocycles. The van der Waals surface area contributed by atoms with Crippen LogP contribution in [-0.4, -0.2) is 42.2 Å². The number of aliphatic carboxylic acids is 1. The third-order valence-electron chi connectivity index (χ3n) is 6.55. The molecule has 0 unspecified atom stereocenters. The van der Waals surface area contributed by atoms with Crippen LogP contribution in [0.2, 0.25) is 0 Å². The highest BCUT2D eigenvalue weighted by Crippen LogP contribution is 2.34. The molecular weight excluding hydrogens is 412 g/mol. The molecule has 2 aliphatic rings. The van der Waals surface area contributed by atoms with Crippen LogP contribution in [0, 0.1) is 23.5 Å². The van der Waals surface area contributed by atoms with E-state index in [0.29, 0.717) is 31.7 Å². The Kier molecular flexibility index (Phi) is 6.60. The molecule has 2 aromatic carbocycles. The third kappa shape index (κ3) is 5.01. The van der Waals surface area contributed by atoms with Crippen LogP contribution in [0.15, 0.2) is 42.0 Å². The molecule has 1 aliphatic carbocycles. The minimum atomic E-state index is -0.703. The Bertz CT molecular complexity index is 1040. The lowest BCUT2D eigenvalue weighted by atomic mass is 9.85. The molecule has 1 N–H and O–H groups in total. The van der Waals surface area contributed by atoms with Crippen molar-refractivity contribution in [2.24, 2.45) is 11.8 Å². The number of aryl methyl sites for hydroxylation is 1. The van der Waals surface area contributed by atoms with Crippen LogP contribution in [-0.2, 0) is 17.6 Å². The van der Waals surface area contributed by atoms with Crippen LogP contribution < -0.4 is 4.74 Å². The number of carboxylic acids is 1. The lowest BCUT2D eigenvalue weighted by molar-refractivity contribution is -0.147. The number of ether oxygens (including phenoxy) is 1. The fourth-order valence-corrected chi connectivity index (χ4v) is 4.58. The average molecular weight is 442 g/mol. The summed E-state index contributed by atoms with van der Waals surface area (Å²) >= 11 is 0. The van der Waals surface area contributed by atoms with Gasteiger partial charge in [0.2, 0.25) is 0 Å². The number of nitrogens with zero attached hydrogens (tertiary/aromatic N) is 1. The number of carbonyl (C=O) groups is 1. The number of carboxylic acid groups (broad SMARTS) is 1. The molecule has 170 valence electrons. The molecule has 32 heavy (non-hydrogen) atoms. The van der Waals surface area contributed by atoms with E-state index in [4.69, 9.17) is 9.84 Å². The molecule has 4 nitrogen and oxygen atoms in total. The Morgan fingerprint density at radius 2 is 1.97 bits per heavy atom. The number of allylic oxidation sites excluding steroid dienone is 1. The van der Waals surface area contributed by atoms with Gasteiger partial charge >= 0.3 is 5.97 Å². The van der Waals surface area contributed by atoms with Gasteiger partial charge in [0.1, 0.15) is 17.4 Å². The van der Waals surface area contributed by atoms with E-state index in [9.17, 15) is 13.6 Å². The van der Waals surface area contributed by atoms with Crippen molar-refractivity contribution in [2.45, 2.75) is 33.1 Å². The van der Waals surface area contributed by atoms with E-state index in [2.05, 4.69) is 24.0 Å². The summed E-state index contributed by atoms with van der Waals surface area (Å²) in [4.78, 5) is 13.2. The van der Waals surface area contributed by atoms with Crippen molar-refractivity contribution in [1.82, 2.24) is 4.90 Å². The molecule has 0 bridgehead atoms. The van der Waals surface area contributed by atoms with Crippen LogP contribution in [0.5, 0.6) is 5.75 Å². The predicted molar refractivity (Wildman–Crippen MR) is 120 cm³/mol. The monoisotopic (exact) mass is 441 g/mol. The zero-order valence-electron chi connectivity index (χ0n) is 18.5. The smallest absolute Gasteiger partial charge is 0.309 e. The zero-order chi connectivity index (χ0) is 22.8. The Balaban J connectivity index is 1.34. The molecule has 1 fully saturated rings. The first-order valence-corrected chi connectivity index (χ1v) is 11.1. The minimum Gasteiger partial charge on any atom is -0.493 e. The second-order valence-corrected chi connectivity index (χ2v) is 9.13. The lowest BCUT2D eigenvalue weighted by Gasteiger charge is -2.38. The molecule has 1 saturated heterocycles. The first kappa shape index (κ1) is 22.5. The summed E-state index contributed by atoms with van der Waals surface area (Å²) < 4.78 is 32.9. The van der Waals surface area contributed by atoms with E-state index < -0.39 is 17.6 Å². The van der Waals surface area contributed by atoms with Crippen molar-refractivity contribution in [1.29, 1.82) is 0 Å². The summed E-state index contributed by atoms with van der Waals surface area (Å²) in [6, 6.07) is 9.86. The van der Waals surface area contributed by atoms with Gasteiger partial charge in [-0.1, -0.05) is 24.6 Å². The van der Waals surface area contributed by atoms with Gasteiger partial charge in [0, 0.05) is 25.7 Å². The van der Waals surface area contributed by atoms with Gasteiger partial charge in [0.15, 0.2) is 0 Å². The number of hydrogen-bond acceptors (Lipinski definition) is 3. The molecule has 0 radical (unpaired) electrons. The first-order valence-electron chi connectivity index (χ1n) is 11.1. The van der Waals surface area contributed by atoms with Crippen molar-refractivity contribution in [3.8, 4) is 5.75 Å². The van der Waals surface area contributed by atoms with Gasteiger partial charge in [-0.05, 0) is 72.6 Å². The summed E-state index contributed by atoms with van der Waals surface area (Å²) in [6.07, 6.45) is 2.39. The lowest BCUT2D eigenvalue weighted by Crippen LogP contribution is -2.50. The highest BCUT2D eigenvalue weighted by Gasteiger charge is 2.33. The summed E-state index contributed by atoms with van der Waals surface area (Å²) in [5.74, 6) is -1.12. The number of fused-ring (bicyclic) bond motifs is 1. The number of likely N-dealkylation sites (tertiary alicyclic amines) is 1. The fourth-order valence-electron chi connectivity index (χ4n) is 4.58. The topological polar surface area (TPSA) is 49.8 Å². The van der Waals surface area contributed by atoms with Crippen LogP contribution in [0.3, 0.4) is 0 Å². The van der Waals surface area contributed by atoms with Crippen LogP contribution in [0.1, 0.15) is 37.0 Å². The maximum atomic E-state index is 13.9. The van der Waals surface area contributed by atoms with Crippen molar-refractivity contribution in [3.05, 3.63) is 70.3 Å². The Labute approximate surface area is 187 Å². The normalized spacial score (nSPS) is 17.6. The van der Waals surface area contributed by atoms with Crippen molar-refractivity contribution in [3.63, 3.8) is 0 Å². The number of benzene rings is 2. The molecule has 6 heteroatoms.